The maximum atomic E-state index is 11.9. The lowest BCUT2D eigenvalue weighted by atomic mass is 10.2. The van der Waals surface area contributed by atoms with Gasteiger partial charge in [-0.1, -0.05) is 35.9 Å². The van der Waals surface area contributed by atoms with Crippen molar-refractivity contribution in [1.82, 2.24) is 0 Å². The van der Waals surface area contributed by atoms with Crippen molar-refractivity contribution < 1.29 is 14.3 Å². The molecule has 2 aromatic rings. The highest BCUT2D eigenvalue weighted by Gasteiger charge is 2.14. The molecule has 0 radical (unpaired) electrons. The summed E-state index contributed by atoms with van der Waals surface area (Å²) in [6.45, 7) is 0.714. The summed E-state index contributed by atoms with van der Waals surface area (Å²) in [7, 11) is 0. The zero-order valence-electron chi connectivity index (χ0n) is 11.4. The number of carbonyl (C=O) groups is 1. The first kappa shape index (κ1) is 15.2. The summed E-state index contributed by atoms with van der Waals surface area (Å²) in [5, 5.41) is 0.292. The zero-order valence-corrected chi connectivity index (χ0v) is 12.2. The second-order valence-electron chi connectivity index (χ2n) is 4.36. The predicted octanol–water partition coefficient (Wildman–Crippen LogP) is 3.55. The van der Waals surface area contributed by atoms with Gasteiger partial charge in [-0.15, -0.1) is 0 Å². The van der Waals surface area contributed by atoms with Crippen LogP contribution >= 0.6 is 11.6 Å². The smallest absolute Gasteiger partial charge is 0.341 e. The Morgan fingerprint density at radius 2 is 1.81 bits per heavy atom. The van der Waals surface area contributed by atoms with E-state index in [4.69, 9.17) is 26.8 Å². The molecule has 0 saturated carbocycles. The molecule has 2 rings (SSSR count). The van der Waals surface area contributed by atoms with Crippen LogP contribution in [0.2, 0.25) is 5.02 Å². The fourth-order valence-electron chi connectivity index (χ4n) is 1.76. The van der Waals surface area contributed by atoms with Crippen LogP contribution in [0, 0.1) is 0 Å². The molecule has 0 spiro atoms. The standard InChI is InChI=1S/C16H16ClNO3/c17-13-8-4-9-14(18)15(13)16(19)21-11-5-10-20-12-6-2-1-3-7-12/h1-4,6-9H,5,10-11,18H2. The molecule has 0 aromatic heterocycles. The van der Waals surface area contributed by atoms with Crippen molar-refractivity contribution in [3.63, 3.8) is 0 Å². The molecule has 4 nitrogen and oxygen atoms in total. The molecular weight excluding hydrogens is 290 g/mol. The Bertz CT molecular complexity index is 581. The Morgan fingerprint density at radius 1 is 1.05 bits per heavy atom. The number of esters is 1. The van der Waals surface area contributed by atoms with Gasteiger partial charge in [0, 0.05) is 12.1 Å². The monoisotopic (exact) mass is 305 g/mol. The number of hydrogen-bond acceptors (Lipinski definition) is 4. The van der Waals surface area contributed by atoms with Gasteiger partial charge in [0.25, 0.3) is 0 Å². The minimum atomic E-state index is -0.516. The van der Waals surface area contributed by atoms with Gasteiger partial charge < -0.3 is 15.2 Å². The minimum absolute atomic E-state index is 0.211. The number of ether oxygens (including phenoxy) is 2. The molecule has 0 fully saturated rings. The van der Waals surface area contributed by atoms with Gasteiger partial charge in [0.15, 0.2) is 0 Å². The lowest BCUT2D eigenvalue weighted by Crippen LogP contribution is -2.11. The summed E-state index contributed by atoms with van der Waals surface area (Å²) >= 11 is 5.94. The van der Waals surface area contributed by atoms with Crippen LogP contribution in [0.1, 0.15) is 16.8 Å². The molecule has 0 unspecified atom stereocenters. The van der Waals surface area contributed by atoms with Crippen molar-refractivity contribution >= 4 is 23.3 Å². The average molecular weight is 306 g/mol. The molecule has 0 bridgehead atoms. The number of nitrogen functional groups attached to an aromatic ring is 1. The Morgan fingerprint density at radius 3 is 2.52 bits per heavy atom. The maximum Gasteiger partial charge on any atom is 0.341 e. The van der Waals surface area contributed by atoms with Crippen LogP contribution < -0.4 is 10.5 Å². The minimum Gasteiger partial charge on any atom is -0.493 e. The van der Waals surface area contributed by atoms with Crippen LogP contribution in [0.3, 0.4) is 0 Å². The number of rotatable bonds is 6. The summed E-state index contributed by atoms with van der Waals surface area (Å²) in [6, 6.07) is 14.4. The van der Waals surface area contributed by atoms with Crippen molar-refractivity contribution in [2.75, 3.05) is 18.9 Å². The summed E-state index contributed by atoms with van der Waals surface area (Å²) in [4.78, 5) is 11.9. The molecule has 0 aliphatic rings. The van der Waals surface area contributed by atoms with Gasteiger partial charge in [-0.3, -0.25) is 0 Å². The van der Waals surface area contributed by atoms with Crippen molar-refractivity contribution in [2.45, 2.75) is 6.42 Å². The summed E-state index contributed by atoms with van der Waals surface area (Å²) in [6.07, 6.45) is 0.588. The molecule has 0 atom stereocenters. The van der Waals surface area contributed by atoms with E-state index >= 15 is 0 Å². The molecular formula is C16H16ClNO3. The highest BCUT2D eigenvalue weighted by molar-refractivity contribution is 6.34. The van der Waals surface area contributed by atoms with Crippen LogP contribution in [-0.4, -0.2) is 19.2 Å². The van der Waals surface area contributed by atoms with E-state index in [1.165, 1.54) is 0 Å². The van der Waals surface area contributed by atoms with E-state index in [2.05, 4.69) is 0 Å². The van der Waals surface area contributed by atoms with Crippen LogP contribution in [-0.2, 0) is 4.74 Å². The van der Waals surface area contributed by atoms with E-state index in [-0.39, 0.29) is 12.2 Å². The van der Waals surface area contributed by atoms with Crippen LogP contribution in [0.4, 0.5) is 5.69 Å². The third-order valence-corrected chi connectivity index (χ3v) is 3.10. The Hall–Kier alpha value is -2.20. The number of halogens is 1. The van der Waals surface area contributed by atoms with Gasteiger partial charge in [-0.2, -0.15) is 0 Å². The van der Waals surface area contributed by atoms with Gasteiger partial charge in [-0.25, -0.2) is 4.79 Å². The van der Waals surface area contributed by atoms with Gasteiger partial charge in [-0.05, 0) is 24.3 Å². The quantitative estimate of drug-likeness (QED) is 0.503. The molecule has 0 saturated heterocycles. The topological polar surface area (TPSA) is 61.6 Å². The summed E-state index contributed by atoms with van der Waals surface area (Å²) < 4.78 is 10.6. The molecule has 0 aliphatic heterocycles. The van der Waals surface area contributed by atoms with E-state index < -0.39 is 5.97 Å². The van der Waals surface area contributed by atoms with E-state index in [0.717, 1.165) is 5.75 Å². The normalized spacial score (nSPS) is 10.1. The lowest BCUT2D eigenvalue weighted by molar-refractivity contribution is 0.0487. The Labute approximate surface area is 128 Å². The van der Waals surface area contributed by atoms with Crippen LogP contribution in [0.25, 0.3) is 0 Å². The van der Waals surface area contributed by atoms with Gasteiger partial charge in [0.05, 0.1) is 18.2 Å². The van der Waals surface area contributed by atoms with Crippen LogP contribution in [0.15, 0.2) is 48.5 Å². The fraction of sp³-hybridized carbons (Fsp3) is 0.188. The van der Waals surface area contributed by atoms with E-state index in [0.29, 0.717) is 23.7 Å². The Balaban J connectivity index is 1.75. The first-order valence-corrected chi connectivity index (χ1v) is 6.95. The molecule has 0 heterocycles. The third kappa shape index (κ3) is 4.39. The van der Waals surface area contributed by atoms with Crippen LogP contribution in [0.5, 0.6) is 5.75 Å². The molecule has 5 heteroatoms. The lowest BCUT2D eigenvalue weighted by Gasteiger charge is -2.09. The number of carbonyl (C=O) groups excluding carboxylic acids is 1. The van der Waals surface area contributed by atoms with E-state index in [1.807, 2.05) is 30.3 Å². The fourth-order valence-corrected chi connectivity index (χ4v) is 2.02. The molecule has 110 valence electrons. The molecule has 0 aliphatic carbocycles. The zero-order chi connectivity index (χ0) is 15.1. The van der Waals surface area contributed by atoms with Gasteiger partial charge in [0.2, 0.25) is 0 Å². The maximum absolute atomic E-state index is 11.9. The summed E-state index contributed by atoms with van der Waals surface area (Å²) in [5.41, 5.74) is 6.24. The highest BCUT2D eigenvalue weighted by Crippen LogP contribution is 2.22. The number of para-hydroxylation sites is 1. The van der Waals surface area contributed by atoms with E-state index in [1.54, 1.807) is 18.2 Å². The number of anilines is 1. The molecule has 2 aromatic carbocycles. The molecule has 2 N–H and O–H groups in total. The van der Waals surface area contributed by atoms with Gasteiger partial charge in [0.1, 0.15) is 11.3 Å². The third-order valence-electron chi connectivity index (χ3n) is 2.78. The highest BCUT2D eigenvalue weighted by atomic mass is 35.5. The first-order chi connectivity index (χ1) is 10.2. The Kier molecular flexibility index (Phi) is 5.46. The van der Waals surface area contributed by atoms with E-state index in [9.17, 15) is 4.79 Å². The van der Waals surface area contributed by atoms with Crippen molar-refractivity contribution in [3.05, 3.63) is 59.1 Å². The number of benzene rings is 2. The van der Waals surface area contributed by atoms with Crippen molar-refractivity contribution in [1.29, 1.82) is 0 Å². The van der Waals surface area contributed by atoms with Crippen molar-refractivity contribution in [3.8, 4) is 5.75 Å². The molecule has 0 amide bonds. The average Bonchev–Trinajstić information content (AvgIpc) is 2.48. The first-order valence-electron chi connectivity index (χ1n) is 6.57. The largest absolute Gasteiger partial charge is 0.493 e. The second-order valence-corrected chi connectivity index (χ2v) is 4.76. The van der Waals surface area contributed by atoms with Crippen molar-refractivity contribution in [2.24, 2.45) is 0 Å². The summed E-state index contributed by atoms with van der Waals surface area (Å²) in [5.74, 6) is 0.275. The van der Waals surface area contributed by atoms with Gasteiger partial charge >= 0.3 is 5.97 Å². The second kappa shape index (κ2) is 7.55. The predicted molar refractivity (Wildman–Crippen MR) is 82.7 cm³/mol. The SMILES string of the molecule is Nc1cccc(Cl)c1C(=O)OCCCOc1ccccc1. The number of nitrogens with two attached hydrogens (primary N) is 1. The molecule has 21 heavy (non-hydrogen) atoms. The number of hydrogen-bond donors (Lipinski definition) is 1.